The summed E-state index contributed by atoms with van der Waals surface area (Å²) >= 11 is 0. The molecule has 2 N–H and O–H groups in total. The van der Waals surface area contributed by atoms with Crippen molar-refractivity contribution in [2.24, 2.45) is 5.92 Å². The molecule has 0 spiro atoms. The molecule has 0 aliphatic carbocycles. The van der Waals surface area contributed by atoms with Crippen molar-refractivity contribution in [2.45, 2.75) is 25.9 Å². The third-order valence-corrected chi connectivity index (χ3v) is 4.60. The average Bonchev–Trinajstić information content (AvgIpc) is 3.11. The number of ether oxygens (including phenoxy) is 1. The maximum atomic E-state index is 12.7. The fourth-order valence-electron chi connectivity index (χ4n) is 3.12. The molecule has 3 rings (SSSR count). The quantitative estimate of drug-likeness (QED) is 0.902. The third kappa shape index (κ3) is 3.43. The van der Waals surface area contributed by atoms with Crippen molar-refractivity contribution in [1.82, 2.24) is 15.1 Å². The lowest BCUT2D eigenvalue weighted by Gasteiger charge is -2.33. The maximum Gasteiger partial charge on any atom is 0.271 e. The molecular formula is C18H23N3O3. The van der Waals surface area contributed by atoms with Crippen molar-refractivity contribution in [1.29, 1.82) is 0 Å². The van der Waals surface area contributed by atoms with Crippen molar-refractivity contribution in [3.8, 4) is 17.0 Å². The molecule has 2 heterocycles. The van der Waals surface area contributed by atoms with Gasteiger partial charge in [0, 0.05) is 24.6 Å². The fraction of sp³-hybridized carbons (Fsp3) is 0.444. The van der Waals surface area contributed by atoms with Gasteiger partial charge in [0.2, 0.25) is 0 Å². The van der Waals surface area contributed by atoms with Crippen LogP contribution in [0.5, 0.6) is 5.75 Å². The number of carbonyl (C=O) groups excluding carboxylic acids is 1. The summed E-state index contributed by atoms with van der Waals surface area (Å²) in [5.74, 6) is 0.824. The first-order valence-corrected chi connectivity index (χ1v) is 8.25. The van der Waals surface area contributed by atoms with Crippen molar-refractivity contribution in [2.75, 3.05) is 20.2 Å². The molecule has 0 saturated carbocycles. The lowest BCUT2D eigenvalue weighted by molar-refractivity contribution is 0.0461. The molecule has 1 aliphatic heterocycles. The molecule has 6 heteroatoms. The van der Waals surface area contributed by atoms with Crippen LogP contribution in [0.4, 0.5) is 0 Å². The van der Waals surface area contributed by atoms with E-state index in [1.165, 1.54) is 0 Å². The Hall–Kier alpha value is -2.34. The molecule has 24 heavy (non-hydrogen) atoms. The largest absolute Gasteiger partial charge is 0.497 e. The topological polar surface area (TPSA) is 78.5 Å². The Bertz CT molecular complexity index is 711. The van der Waals surface area contributed by atoms with E-state index in [0.717, 1.165) is 30.7 Å². The molecule has 1 amide bonds. The summed E-state index contributed by atoms with van der Waals surface area (Å²) in [7, 11) is 1.62. The Morgan fingerprint density at radius 1 is 1.46 bits per heavy atom. The van der Waals surface area contributed by atoms with Crippen molar-refractivity contribution in [3.63, 3.8) is 0 Å². The molecule has 1 fully saturated rings. The van der Waals surface area contributed by atoms with E-state index in [1.807, 2.05) is 24.3 Å². The number of hydrogen-bond donors (Lipinski definition) is 2. The number of likely N-dealkylation sites (tertiary alicyclic amines) is 1. The van der Waals surface area contributed by atoms with Gasteiger partial charge in [0.1, 0.15) is 11.4 Å². The van der Waals surface area contributed by atoms with E-state index in [9.17, 15) is 9.90 Å². The van der Waals surface area contributed by atoms with E-state index in [0.29, 0.717) is 17.9 Å². The van der Waals surface area contributed by atoms with Crippen LogP contribution in [-0.2, 0) is 0 Å². The second kappa shape index (κ2) is 7.05. The summed E-state index contributed by atoms with van der Waals surface area (Å²) in [6.07, 6.45) is 1.48. The highest BCUT2D eigenvalue weighted by Gasteiger charge is 2.28. The van der Waals surface area contributed by atoms with Gasteiger partial charge in [-0.3, -0.25) is 9.89 Å². The summed E-state index contributed by atoms with van der Waals surface area (Å²) in [5.41, 5.74) is 2.07. The smallest absolute Gasteiger partial charge is 0.271 e. The first kappa shape index (κ1) is 16.5. The van der Waals surface area contributed by atoms with Crippen LogP contribution in [0, 0.1) is 5.92 Å². The first-order valence-electron chi connectivity index (χ1n) is 8.25. The Kier molecular flexibility index (Phi) is 4.85. The number of carbonyl (C=O) groups is 1. The van der Waals surface area contributed by atoms with Gasteiger partial charge in [0.05, 0.1) is 18.9 Å². The number of hydrogen-bond acceptors (Lipinski definition) is 4. The van der Waals surface area contributed by atoms with E-state index in [1.54, 1.807) is 25.0 Å². The Morgan fingerprint density at radius 2 is 2.29 bits per heavy atom. The zero-order chi connectivity index (χ0) is 17.1. The number of methoxy groups -OCH3 is 1. The molecule has 1 aliphatic rings. The number of nitrogens with one attached hydrogen (secondary N) is 1. The summed E-state index contributed by atoms with van der Waals surface area (Å²) in [5, 5.41) is 16.9. The van der Waals surface area contributed by atoms with Crippen LogP contribution in [0.15, 0.2) is 30.3 Å². The molecule has 1 aromatic heterocycles. The molecule has 2 atom stereocenters. The molecule has 2 aromatic rings. The Balaban J connectivity index is 1.76. The summed E-state index contributed by atoms with van der Waals surface area (Å²) in [6.45, 7) is 3.09. The molecule has 2 unspecified atom stereocenters. The first-order chi connectivity index (χ1) is 11.6. The van der Waals surface area contributed by atoms with E-state index in [2.05, 4.69) is 10.2 Å². The summed E-state index contributed by atoms with van der Waals surface area (Å²) in [4.78, 5) is 14.5. The number of aliphatic hydroxyl groups is 1. The van der Waals surface area contributed by atoms with Gasteiger partial charge in [-0.15, -0.1) is 0 Å². The number of H-pyrrole nitrogens is 1. The lowest BCUT2D eigenvalue weighted by atomic mass is 9.93. The number of amides is 1. The fourth-order valence-corrected chi connectivity index (χ4v) is 3.12. The van der Waals surface area contributed by atoms with Crippen LogP contribution in [-0.4, -0.2) is 52.4 Å². The second-order valence-electron chi connectivity index (χ2n) is 6.29. The Morgan fingerprint density at radius 3 is 3.04 bits per heavy atom. The van der Waals surface area contributed by atoms with Gasteiger partial charge in [0.15, 0.2) is 0 Å². The predicted molar refractivity (Wildman–Crippen MR) is 90.9 cm³/mol. The molecular weight excluding hydrogens is 306 g/mol. The molecule has 0 bridgehead atoms. The van der Waals surface area contributed by atoms with Crippen LogP contribution in [0.2, 0.25) is 0 Å². The third-order valence-electron chi connectivity index (χ3n) is 4.60. The van der Waals surface area contributed by atoms with Crippen LogP contribution in [0.1, 0.15) is 30.3 Å². The number of benzene rings is 1. The minimum absolute atomic E-state index is 0.0676. The maximum absolute atomic E-state index is 12.7. The van der Waals surface area contributed by atoms with Gasteiger partial charge in [0.25, 0.3) is 5.91 Å². The number of aromatic nitrogens is 2. The van der Waals surface area contributed by atoms with Crippen molar-refractivity contribution in [3.05, 3.63) is 36.0 Å². The normalized spacial score (nSPS) is 19.1. The number of aliphatic hydroxyl groups excluding tert-OH is 1. The number of aromatic amines is 1. The van der Waals surface area contributed by atoms with E-state index < -0.39 is 6.10 Å². The van der Waals surface area contributed by atoms with Gasteiger partial charge in [-0.2, -0.15) is 5.10 Å². The summed E-state index contributed by atoms with van der Waals surface area (Å²) in [6, 6.07) is 9.34. The van der Waals surface area contributed by atoms with Gasteiger partial charge in [-0.25, -0.2) is 0 Å². The van der Waals surface area contributed by atoms with Crippen LogP contribution < -0.4 is 4.74 Å². The van der Waals surface area contributed by atoms with Gasteiger partial charge in [-0.05, 0) is 38.0 Å². The lowest BCUT2D eigenvalue weighted by Crippen LogP contribution is -2.43. The molecule has 128 valence electrons. The van der Waals surface area contributed by atoms with Gasteiger partial charge in [-0.1, -0.05) is 12.1 Å². The van der Waals surface area contributed by atoms with E-state index >= 15 is 0 Å². The van der Waals surface area contributed by atoms with Crippen LogP contribution in [0.3, 0.4) is 0 Å². The molecule has 0 radical (unpaired) electrons. The van der Waals surface area contributed by atoms with E-state index in [-0.39, 0.29) is 11.8 Å². The number of nitrogens with zero attached hydrogens (tertiary/aromatic N) is 2. The predicted octanol–water partition coefficient (Wildman–Crippen LogP) is 2.32. The molecule has 1 saturated heterocycles. The average molecular weight is 329 g/mol. The summed E-state index contributed by atoms with van der Waals surface area (Å²) < 4.78 is 5.22. The second-order valence-corrected chi connectivity index (χ2v) is 6.29. The van der Waals surface area contributed by atoms with Crippen LogP contribution >= 0.6 is 0 Å². The van der Waals surface area contributed by atoms with Crippen molar-refractivity contribution >= 4 is 5.91 Å². The Labute approximate surface area is 141 Å². The number of piperidine rings is 1. The molecule has 1 aromatic carbocycles. The minimum Gasteiger partial charge on any atom is -0.497 e. The van der Waals surface area contributed by atoms with Gasteiger partial charge < -0.3 is 14.7 Å². The SMILES string of the molecule is COc1cccc(-c2cc(C(=O)N3CCCC(C(C)O)C3)[nH]n2)c1. The standard InChI is InChI=1S/C18H23N3O3/c1-12(22)14-6-4-8-21(11-14)18(23)17-10-16(19-20-17)13-5-3-7-15(9-13)24-2/h3,5,7,9-10,12,14,22H,4,6,8,11H2,1-2H3,(H,19,20). The zero-order valence-electron chi connectivity index (χ0n) is 14.0. The van der Waals surface area contributed by atoms with Crippen LogP contribution in [0.25, 0.3) is 11.3 Å². The monoisotopic (exact) mass is 329 g/mol. The highest BCUT2D eigenvalue weighted by molar-refractivity contribution is 5.93. The molecule has 6 nitrogen and oxygen atoms in total. The van der Waals surface area contributed by atoms with E-state index in [4.69, 9.17) is 4.74 Å². The minimum atomic E-state index is -0.394. The highest BCUT2D eigenvalue weighted by Crippen LogP contribution is 2.24. The number of rotatable bonds is 4. The van der Waals surface area contributed by atoms with Crippen molar-refractivity contribution < 1.29 is 14.6 Å². The zero-order valence-corrected chi connectivity index (χ0v) is 14.0. The van der Waals surface area contributed by atoms with Gasteiger partial charge >= 0.3 is 0 Å². The highest BCUT2D eigenvalue weighted by atomic mass is 16.5.